The summed E-state index contributed by atoms with van der Waals surface area (Å²) in [6.07, 6.45) is 3.70. The summed E-state index contributed by atoms with van der Waals surface area (Å²) in [5.41, 5.74) is 10.1. The van der Waals surface area contributed by atoms with Crippen LogP contribution in [0.15, 0.2) is 54.9 Å². The Bertz CT molecular complexity index is 763. The van der Waals surface area contributed by atoms with Gasteiger partial charge < -0.3 is 5.73 Å². The van der Waals surface area contributed by atoms with Crippen LogP contribution in [0.5, 0.6) is 0 Å². The number of nitrogens with zero attached hydrogens (tertiary/aromatic N) is 1. The molecule has 0 bridgehead atoms. The zero-order valence-electron chi connectivity index (χ0n) is 11.2. The van der Waals surface area contributed by atoms with Gasteiger partial charge >= 0.3 is 0 Å². The SMILES string of the molecule is Cc1cccc(C(N)c2cccc3cnccc23)c1I. The molecule has 0 aliphatic carbocycles. The van der Waals surface area contributed by atoms with E-state index in [1.54, 1.807) is 0 Å². The Balaban J connectivity index is 2.18. The van der Waals surface area contributed by atoms with Crippen LogP contribution in [0.1, 0.15) is 22.7 Å². The normalized spacial score (nSPS) is 12.6. The highest BCUT2D eigenvalue weighted by Gasteiger charge is 2.15. The first-order valence-corrected chi connectivity index (χ1v) is 7.59. The van der Waals surface area contributed by atoms with Crippen LogP contribution < -0.4 is 5.73 Å². The molecule has 0 fully saturated rings. The molecule has 0 saturated carbocycles. The highest BCUT2D eigenvalue weighted by molar-refractivity contribution is 14.1. The Morgan fingerprint density at radius 1 is 1.05 bits per heavy atom. The number of benzene rings is 2. The van der Waals surface area contributed by atoms with Crippen molar-refractivity contribution in [2.24, 2.45) is 5.73 Å². The second-order valence-electron chi connectivity index (χ2n) is 4.90. The van der Waals surface area contributed by atoms with E-state index in [1.807, 2.05) is 24.5 Å². The fourth-order valence-corrected chi connectivity index (χ4v) is 3.19. The van der Waals surface area contributed by atoms with Crippen molar-refractivity contribution in [3.63, 3.8) is 0 Å². The van der Waals surface area contributed by atoms with Crippen LogP contribution in [-0.2, 0) is 0 Å². The van der Waals surface area contributed by atoms with Gasteiger partial charge in [0, 0.05) is 21.4 Å². The van der Waals surface area contributed by atoms with Crippen molar-refractivity contribution < 1.29 is 0 Å². The first-order valence-electron chi connectivity index (χ1n) is 6.51. The number of rotatable bonds is 2. The fourth-order valence-electron chi connectivity index (χ4n) is 2.50. The maximum Gasteiger partial charge on any atom is 0.0568 e. The number of aromatic nitrogens is 1. The predicted octanol–water partition coefficient (Wildman–Crippen LogP) is 4.20. The van der Waals surface area contributed by atoms with Gasteiger partial charge in [0.1, 0.15) is 0 Å². The summed E-state index contributed by atoms with van der Waals surface area (Å²) >= 11 is 2.38. The monoisotopic (exact) mass is 374 g/mol. The van der Waals surface area contributed by atoms with Gasteiger partial charge in [-0.1, -0.05) is 36.4 Å². The topological polar surface area (TPSA) is 38.9 Å². The van der Waals surface area contributed by atoms with E-state index in [4.69, 9.17) is 5.73 Å². The molecule has 0 aliphatic rings. The summed E-state index contributed by atoms with van der Waals surface area (Å²) in [7, 11) is 0. The van der Waals surface area contributed by atoms with Crippen LogP contribution in [0.3, 0.4) is 0 Å². The van der Waals surface area contributed by atoms with Crippen molar-refractivity contribution >= 4 is 33.4 Å². The number of nitrogens with two attached hydrogens (primary N) is 1. The molecule has 1 aromatic heterocycles. The minimum atomic E-state index is -0.118. The van der Waals surface area contributed by atoms with Crippen LogP contribution in [-0.4, -0.2) is 4.98 Å². The van der Waals surface area contributed by atoms with Crippen LogP contribution in [0.2, 0.25) is 0 Å². The molecule has 1 atom stereocenters. The predicted molar refractivity (Wildman–Crippen MR) is 91.7 cm³/mol. The van der Waals surface area contributed by atoms with Crippen molar-refractivity contribution in [1.29, 1.82) is 0 Å². The van der Waals surface area contributed by atoms with E-state index in [9.17, 15) is 0 Å². The molecule has 0 radical (unpaired) electrons. The summed E-state index contributed by atoms with van der Waals surface area (Å²) < 4.78 is 1.24. The molecule has 1 heterocycles. The second kappa shape index (κ2) is 5.50. The third-order valence-electron chi connectivity index (χ3n) is 3.61. The lowest BCUT2D eigenvalue weighted by atomic mass is 9.94. The van der Waals surface area contributed by atoms with Gasteiger partial charge in [0.15, 0.2) is 0 Å². The van der Waals surface area contributed by atoms with E-state index >= 15 is 0 Å². The molecule has 2 aromatic carbocycles. The lowest BCUT2D eigenvalue weighted by Crippen LogP contribution is -2.14. The molecule has 3 rings (SSSR count). The molecule has 0 spiro atoms. The number of fused-ring (bicyclic) bond motifs is 1. The Hall–Kier alpha value is -1.46. The number of pyridine rings is 1. The van der Waals surface area contributed by atoms with Gasteiger partial charge in [0.2, 0.25) is 0 Å². The van der Waals surface area contributed by atoms with Crippen LogP contribution in [0, 0.1) is 10.5 Å². The van der Waals surface area contributed by atoms with E-state index in [-0.39, 0.29) is 6.04 Å². The average molecular weight is 374 g/mol. The minimum Gasteiger partial charge on any atom is -0.320 e. The molecule has 0 saturated heterocycles. The Kier molecular flexibility index (Phi) is 3.72. The van der Waals surface area contributed by atoms with Gasteiger partial charge in [-0.05, 0) is 57.7 Å². The number of halogens is 1. The van der Waals surface area contributed by atoms with Crippen molar-refractivity contribution in [1.82, 2.24) is 4.98 Å². The van der Waals surface area contributed by atoms with Gasteiger partial charge in [-0.3, -0.25) is 4.98 Å². The Morgan fingerprint density at radius 3 is 2.65 bits per heavy atom. The van der Waals surface area contributed by atoms with Crippen molar-refractivity contribution in [3.8, 4) is 0 Å². The van der Waals surface area contributed by atoms with Gasteiger partial charge in [0.25, 0.3) is 0 Å². The molecule has 100 valence electrons. The molecular weight excluding hydrogens is 359 g/mol. The zero-order chi connectivity index (χ0) is 14.1. The molecule has 3 aromatic rings. The standard InChI is InChI=1S/C17H15IN2/c1-11-4-2-7-15(16(11)18)17(19)14-6-3-5-12-10-20-9-8-13(12)14/h2-10,17H,19H2,1H3. The largest absolute Gasteiger partial charge is 0.320 e. The summed E-state index contributed by atoms with van der Waals surface area (Å²) in [4.78, 5) is 4.18. The quantitative estimate of drug-likeness (QED) is 0.683. The summed E-state index contributed by atoms with van der Waals surface area (Å²) in [5.74, 6) is 0. The van der Waals surface area contributed by atoms with E-state index in [1.165, 1.54) is 20.1 Å². The molecular formula is C17H15IN2. The third-order valence-corrected chi connectivity index (χ3v) is 5.08. The maximum absolute atomic E-state index is 6.53. The fraction of sp³-hybridized carbons (Fsp3) is 0.118. The van der Waals surface area contributed by atoms with E-state index in [0.717, 1.165) is 10.9 Å². The second-order valence-corrected chi connectivity index (χ2v) is 5.98. The molecule has 3 heteroatoms. The van der Waals surface area contributed by atoms with Crippen molar-refractivity contribution in [3.05, 3.63) is 75.1 Å². The highest BCUT2D eigenvalue weighted by Crippen LogP contribution is 2.30. The van der Waals surface area contributed by atoms with Gasteiger partial charge in [0.05, 0.1) is 6.04 Å². The molecule has 1 unspecified atom stereocenters. The van der Waals surface area contributed by atoms with Gasteiger partial charge in [-0.2, -0.15) is 0 Å². The molecule has 2 nitrogen and oxygen atoms in total. The lowest BCUT2D eigenvalue weighted by Gasteiger charge is -2.17. The Labute approximate surface area is 132 Å². The number of hydrogen-bond acceptors (Lipinski definition) is 2. The van der Waals surface area contributed by atoms with Gasteiger partial charge in [-0.15, -0.1) is 0 Å². The summed E-state index contributed by atoms with van der Waals surface area (Å²) in [5, 5.41) is 2.30. The third kappa shape index (κ3) is 2.31. The molecule has 0 aliphatic heterocycles. The minimum absolute atomic E-state index is 0.118. The smallest absolute Gasteiger partial charge is 0.0568 e. The van der Waals surface area contributed by atoms with Crippen molar-refractivity contribution in [2.75, 3.05) is 0 Å². The molecule has 2 N–H and O–H groups in total. The molecule has 20 heavy (non-hydrogen) atoms. The van der Waals surface area contributed by atoms with E-state index in [2.05, 4.69) is 64.8 Å². The lowest BCUT2D eigenvalue weighted by molar-refractivity contribution is 0.871. The van der Waals surface area contributed by atoms with Crippen LogP contribution in [0.4, 0.5) is 0 Å². The number of aryl methyl sites for hydroxylation is 1. The van der Waals surface area contributed by atoms with Crippen LogP contribution in [0.25, 0.3) is 10.8 Å². The van der Waals surface area contributed by atoms with Crippen LogP contribution >= 0.6 is 22.6 Å². The van der Waals surface area contributed by atoms with Gasteiger partial charge in [-0.25, -0.2) is 0 Å². The van der Waals surface area contributed by atoms with E-state index < -0.39 is 0 Å². The molecule has 0 amide bonds. The zero-order valence-corrected chi connectivity index (χ0v) is 13.3. The first-order chi connectivity index (χ1) is 9.68. The average Bonchev–Trinajstić information content (AvgIpc) is 2.49. The van der Waals surface area contributed by atoms with Crippen molar-refractivity contribution in [2.45, 2.75) is 13.0 Å². The summed E-state index contributed by atoms with van der Waals surface area (Å²) in [6, 6.07) is 14.4. The summed E-state index contributed by atoms with van der Waals surface area (Å²) in [6.45, 7) is 2.12. The van der Waals surface area contributed by atoms with E-state index in [0.29, 0.717) is 0 Å². The highest BCUT2D eigenvalue weighted by atomic mass is 127. The number of hydrogen-bond donors (Lipinski definition) is 1. The maximum atomic E-state index is 6.53. The Morgan fingerprint density at radius 2 is 1.80 bits per heavy atom. The first kappa shape index (κ1) is 13.5.